The van der Waals surface area contributed by atoms with E-state index in [-0.39, 0.29) is 11.4 Å². The second-order valence-electron chi connectivity index (χ2n) is 8.26. The lowest BCUT2D eigenvalue weighted by molar-refractivity contribution is 0.0602. The van der Waals surface area contributed by atoms with E-state index in [4.69, 9.17) is 0 Å². The lowest BCUT2D eigenvalue weighted by Gasteiger charge is -2.16. The molecule has 0 aliphatic carbocycles. The van der Waals surface area contributed by atoms with Crippen LogP contribution in [0.5, 0.6) is 0 Å². The van der Waals surface area contributed by atoms with Gasteiger partial charge in [-0.2, -0.15) is 5.21 Å². The Balaban J connectivity index is 1.70. The number of aromatic carboxylic acids is 1. The molecular weight excluding hydrogens is 422 g/mol. The Morgan fingerprint density at radius 3 is 2.55 bits per heavy atom. The molecule has 10 heteroatoms. The number of imidazole rings is 1. The normalized spacial score (nSPS) is 11.6. The molecule has 0 saturated heterocycles. The molecule has 0 spiro atoms. The van der Waals surface area contributed by atoms with E-state index in [0.29, 0.717) is 24.6 Å². The fraction of sp³-hybridized carbons (Fsp3) is 0.304. The molecule has 3 N–H and O–H groups in total. The number of aromatic amines is 1. The van der Waals surface area contributed by atoms with Crippen LogP contribution in [0.4, 0.5) is 0 Å². The van der Waals surface area contributed by atoms with Crippen LogP contribution in [-0.4, -0.2) is 51.3 Å². The topological polar surface area (TPSA) is 143 Å². The predicted octanol–water partition coefficient (Wildman–Crippen LogP) is 3.05. The molecule has 3 aromatic heterocycles. The number of carboxylic acid groups (broad SMARTS) is 1. The Morgan fingerprint density at radius 1 is 1.18 bits per heavy atom. The summed E-state index contributed by atoms with van der Waals surface area (Å²) in [7, 11) is 0. The monoisotopic (exact) mass is 447 g/mol. The lowest BCUT2D eigenvalue weighted by atomic mass is 10.0. The molecule has 0 saturated carbocycles. The Bertz CT molecular complexity index is 1260. The van der Waals surface area contributed by atoms with Gasteiger partial charge in [0.15, 0.2) is 5.69 Å². The maximum atomic E-state index is 12.1. The Kier molecular flexibility index (Phi) is 6.01. The smallest absolute Gasteiger partial charge is 0.354 e. The van der Waals surface area contributed by atoms with Crippen LogP contribution < -0.4 is 0 Å². The molecule has 3 heterocycles. The molecule has 0 bridgehead atoms. The molecule has 10 nitrogen and oxygen atoms in total. The molecule has 170 valence electrons. The number of nitrogens with one attached hydrogen (secondary N) is 1. The van der Waals surface area contributed by atoms with Gasteiger partial charge < -0.3 is 14.8 Å². The van der Waals surface area contributed by atoms with E-state index in [9.17, 15) is 15.0 Å². The zero-order chi connectivity index (χ0) is 23.6. The number of carboxylic acids is 1. The number of carbonyl (C=O) groups is 1. The van der Waals surface area contributed by atoms with E-state index in [1.54, 1.807) is 24.6 Å². The molecular formula is C23H25N7O3. The number of aromatic nitrogens is 7. The highest BCUT2D eigenvalue weighted by Crippen LogP contribution is 2.29. The third-order valence-electron chi connectivity index (χ3n) is 5.26. The number of tetrazole rings is 1. The third kappa shape index (κ3) is 4.51. The minimum absolute atomic E-state index is 0.0131. The van der Waals surface area contributed by atoms with Crippen LogP contribution in [-0.2, 0) is 18.6 Å². The van der Waals surface area contributed by atoms with Crippen molar-refractivity contribution in [3.8, 4) is 22.6 Å². The van der Waals surface area contributed by atoms with Crippen molar-refractivity contribution in [2.24, 2.45) is 0 Å². The summed E-state index contributed by atoms with van der Waals surface area (Å²) in [6, 6.07) is 11.4. The van der Waals surface area contributed by atoms with Crippen molar-refractivity contribution in [3.63, 3.8) is 0 Å². The van der Waals surface area contributed by atoms with Gasteiger partial charge in [0.2, 0.25) is 5.82 Å². The molecule has 4 aromatic rings. The number of benzene rings is 1. The lowest BCUT2D eigenvalue weighted by Crippen LogP contribution is -2.22. The van der Waals surface area contributed by atoms with Crippen molar-refractivity contribution in [3.05, 3.63) is 65.4 Å². The maximum Gasteiger partial charge on any atom is 0.354 e. The van der Waals surface area contributed by atoms with Gasteiger partial charge in [0.1, 0.15) is 17.1 Å². The Morgan fingerprint density at radius 2 is 1.94 bits per heavy atom. The number of aliphatic hydroxyl groups is 1. The van der Waals surface area contributed by atoms with Gasteiger partial charge >= 0.3 is 5.97 Å². The second kappa shape index (κ2) is 8.91. The van der Waals surface area contributed by atoms with Crippen molar-refractivity contribution in [2.75, 3.05) is 0 Å². The number of hydrogen-bond acceptors (Lipinski definition) is 7. The SMILES string of the molecule is CCCc1nc(C(C)(C)O)c(C(=O)O)n1Cc1ccc(-c2ncccc2-c2nn[nH]n2)cc1. The van der Waals surface area contributed by atoms with Crippen molar-refractivity contribution in [2.45, 2.75) is 45.8 Å². The standard InChI is InChI=1S/C23H25N7O3/c1-4-6-17-25-20(23(2,3)33)19(22(31)32)30(17)13-14-8-10-15(11-9-14)18-16(7-5-12-24-18)21-26-28-29-27-21/h5,7-12,33H,4,6,13H2,1-3H3,(H,31,32)(H,26,27,28,29). The summed E-state index contributed by atoms with van der Waals surface area (Å²) in [6.07, 6.45) is 3.11. The van der Waals surface area contributed by atoms with Crippen LogP contribution in [0.2, 0.25) is 0 Å². The van der Waals surface area contributed by atoms with Crippen LogP contribution in [0.15, 0.2) is 42.6 Å². The Hall–Kier alpha value is -3.92. The minimum Gasteiger partial charge on any atom is -0.477 e. The fourth-order valence-electron chi connectivity index (χ4n) is 3.77. The van der Waals surface area contributed by atoms with Gasteiger partial charge in [0.05, 0.1) is 5.69 Å². The predicted molar refractivity (Wildman–Crippen MR) is 120 cm³/mol. The van der Waals surface area contributed by atoms with Gasteiger partial charge in [-0.15, -0.1) is 10.2 Å². The van der Waals surface area contributed by atoms with Gasteiger partial charge in [-0.05, 0) is 43.2 Å². The molecule has 4 rings (SSSR count). The van der Waals surface area contributed by atoms with E-state index in [1.165, 1.54) is 0 Å². The fourth-order valence-corrected chi connectivity index (χ4v) is 3.77. The first-order chi connectivity index (χ1) is 15.8. The first kappa shape index (κ1) is 22.3. The van der Waals surface area contributed by atoms with E-state index in [1.807, 2.05) is 43.3 Å². The van der Waals surface area contributed by atoms with Crippen LogP contribution in [0.25, 0.3) is 22.6 Å². The molecule has 0 unspecified atom stereocenters. The van der Waals surface area contributed by atoms with Crippen LogP contribution >= 0.6 is 0 Å². The van der Waals surface area contributed by atoms with Crippen molar-refractivity contribution in [1.82, 2.24) is 35.2 Å². The molecule has 0 atom stereocenters. The van der Waals surface area contributed by atoms with E-state index >= 15 is 0 Å². The molecule has 0 aliphatic rings. The molecule has 0 aliphatic heterocycles. The summed E-state index contributed by atoms with van der Waals surface area (Å²) in [5, 5.41) is 34.5. The third-order valence-corrected chi connectivity index (χ3v) is 5.26. The zero-order valence-corrected chi connectivity index (χ0v) is 18.6. The van der Waals surface area contributed by atoms with Crippen molar-refractivity contribution < 1.29 is 15.0 Å². The summed E-state index contributed by atoms with van der Waals surface area (Å²) >= 11 is 0. The summed E-state index contributed by atoms with van der Waals surface area (Å²) < 4.78 is 1.68. The molecule has 0 fully saturated rings. The first-order valence-corrected chi connectivity index (χ1v) is 10.6. The van der Waals surface area contributed by atoms with Crippen molar-refractivity contribution in [1.29, 1.82) is 0 Å². The Labute approximate surface area is 190 Å². The summed E-state index contributed by atoms with van der Waals surface area (Å²) in [6.45, 7) is 5.42. The highest BCUT2D eigenvalue weighted by Gasteiger charge is 2.31. The van der Waals surface area contributed by atoms with E-state index in [0.717, 1.165) is 28.8 Å². The second-order valence-corrected chi connectivity index (χ2v) is 8.26. The highest BCUT2D eigenvalue weighted by atomic mass is 16.4. The van der Waals surface area contributed by atoms with Gasteiger partial charge in [-0.1, -0.05) is 31.2 Å². The zero-order valence-electron chi connectivity index (χ0n) is 18.6. The maximum absolute atomic E-state index is 12.1. The number of rotatable bonds is 8. The number of pyridine rings is 1. The molecule has 0 radical (unpaired) electrons. The highest BCUT2D eigenvalue weighted by molar-refractivity contribution is 5.87. The summed E-state index contributed by atoms with van der Waals surface area (Å²) in [5.41, 5.74) is 2.06. The average molecular weight is 447 g/mol. The van der Waals surface area contributed by atoms with E-state index < -0.39 is 11.6 Å². The van der Waals surface area contributed by atoms with Crippen LogP contribution in [0, 0.1) is 0 Å². The largest absolute Gasteiger partial charge is 0.477 e. The number of H-pyrrole nitrogens is 1. The number of hydrogen-bond donors (Lipinski definition) is 3. The van der Waals surface area contributed by atoms with Crippen LogP contribution in [0.3, 0.4) is 0 Å². The summed E-state index contributed by atoms with van der Waals surface area (Å²) in [5.74, 6) is -0.0212. The van der Waals surface area contributed by atoms with Gasteiger partial charge in [-0.3, -0.25) is 4.98 Å². The first-order valence-electron chi connectivity index (χ1n) is 10.6. The molecule has 1 aromatic carbocycles. The van der Waals surface area contributed by atoms with Gasteiger partial charge in [0.25, 0.3) is 0 Å². The number of nitrogens with zero attached hydrogens (tertiary/aromatic N) is 6. The van der Waals surface area contributed by atoms with Crippen LogP contribution in [0.1, 0.15) is 54.8 Å². The number of aryl methyl sites for hydroxylation is 1. The van der Waals surface area contributed by atoms with Crippen molar-refractivity contribution >= 4 is 5.97 Å². The minimum atomic E-state index is -1.37. The molecule has 0 amide bonds. The quantitative estimate of drug-likeness (QED) is 0.374. The molecule has 33 heavy (non-hydrogen) atoms. The average Bonchev–Trinajstić information content (AvgIpc) is 3.43. The van der Waals surface area contributed by atoms with E-state index in [2.05, 4.69) is 30.6 Å². The summed E-state index contributed by atoms with van der Waals surface area (Å²) in [4.78, 5) is 21.1. The van der Waals surface area contributed by atoms with Gasteiger partial charge in [-0.25, -0.2) is 9.78 Å². The van der Waals surface area contributed by atoms with Gasteiger partial charge in [0, 0.05) is 30.3 Å².